The number of nitrogens with two attached hydrogens (primary N) is 1. The third kappa shape index (κ3) is 3.47. The standard InChI is InChI=1S/C15H25NO2/c1-15(2,3)12-6-7-14(18-5)13(8-12)11(9-16)10-17-4/h6-8,11H,9-10,16H2,1-5H3. The second-order valence-corrected chi connectivity index (χ2v) is 5.59. The van der Waals surface area contributed by atoms with Crippen molar-refractivity contribution in [2.45, 2.75) is 32.1 Å². The van der Waals surface area contributed by atoms with Crippen molar-refractivity contribution in [3.8, 4) is 5.75 Å². The van der Waals surface area contributed by atoms with Crippen molar-refractivity contribution in [2.24, 2.45) is 5.73 Å². The molecule has 2 N–H and O–H groups in total. The molecule has 0 aliphatic rings. The van der Waals surface area contributed by atoms with Crippen LogP contribution in [0.1, 0.15) is 37.8 Å². The lowest BCUT2D eigenvalue weighted by Crippen LogP contribution is -2.19. The van der Waals surface area contributed by atoms with Crippen LogP contribution in [0.25, 0.3) is 0 Å². The minimum absolute atomic E-state index is 0.118. The highest BCUT2D eigenvalue weighted by Gasteiger charge is 2.20. The van der Waals surface area contributed by atoms with Crippen LogP contribution in [-0.2, 0) is 10.2 Å². The lowest BCUT2D eigenvalue weighted by atomic mass is 9.84. The zero-order chi connectivity index (χ0) is 13.8. The molecule has 0 spiro atoms. The van der Waals surface area contributed by atoms with Crippen LogP contribution in [0, 0.1) is 0 Å². The van der Waals surface area contributed by atoms with Gasteiger partial charge in [0.1, 0.15) is 5.75 Å². The highest BCUT2D eigenvalue weighted by atomic mass is 16.5. The molecule has 0 saturated carbocycles. The molecule has 3 heteroatoms. The first-order valence-corrected chi connectivity index (χ1v) is 6.31. The van der Waals surface area contributed by atoms with Gasteiger partial charge in [0.25, 0.3) is 0 Å². The fourth-order valence-corrected chi connectivity index (χ4v) is 2.01. The smallest absolute Gasteiger partial charge is 0.122 e. The van der Waals surface area contributed by atoms with E-state index in [0.717, 1.165) is 11.3 Å². The second kappa shape index (κ2) is 6.21. The van der Waals surface area contributed by atoms with Gasteiger partial charge in [0.15, 0.2) is 0 Å². The molecule has 1 unspecified atom stereocenters. The summed E-state index contributed by atoms with van der Waals surface area (Å²) in [7, 11) is 3.39. The Morgan fingerprint density at radius 3 is 2.33 bits per heavy atom. The highest BCUT2D eigenvalue weighted by Crippen LogP contribution is 2.32. The molecule has 0 aromatic heterocycles. The second-order valence-electron chi connectivity index (χ2n) is 5.59. The van der Waals surface area contributed by atoms with E-state index >= 15 is 0 Å². The summed E-state index contributed by atoms with van der Waals surface area (Å²) in [6, 6.07) is 6.33. The Bertz CT molecular complexity index is 383. The van der Waals surface area contributed by atoms with E-state index in [9.17, 15) is 0 Å². The summed E-state index contributed by atoms with van der Waals surface area (Å²) in [5.41, 5.74) is 8.37. The molecule has 1 aromatic rings. The largest absolute Gasteiger partial charge is 0.496 e. The molecule has 102 valence electrons. The summed E-state index contributed by atoms with van der Waals surface area (Å²) in [5.74, 6) is 1.06. The van der Waals surface area contributed by atoms with E-state index in [1.807, 2.05) is 6.07 Å². The van der Waals surface area contributed by atoms with E-state index in [2.05, 4.69) is 32.9 Å². The fourth-order valence-electron chi connectivity index (χ4n) is 2.01. The third-order valence-corrected chi connectivity index (χ3v) is 3.19. The molecule has 1 atom stereocenters. The Kier molecular flexibility index (Phi) is 5.17. The summed E-state index contributed by atoms with van der Waals surface area (Å²) >= 11 is 0. The van der Waals surface area contributed by atoms with Crippen molar-refractivity contribution in [3.63, 3.8) is 0 Å². The molecule has 0 heterocycles. The molecule has 1 rings (SSSR count). The van der Waals surface area contributed by atoms with Crippen molar-refractivity contribution in [1.82, 2.24) is 0 Å². The number of methoxy groups -OCH3 is 2. The van der Waals surface area contributed by atoms with Crippen LogP contribution in [0.15, 0.2) is 18.2 Å². The van der Waals surface area contributed by atoms with E-state index in [1.165, 1.54) is 5.56 Å². The zero-order valence-corrected chi connectivity index (χ0v) is 12.1. The van der Waals surface area contributed by atoms with E-state index in [1.54, 1.807) is 14.2 Å². The van der Waals surface area contributed by atoms with Crippen LogP contribution in [0.5, 0.6) is 5.75 Å². The van der Waals surface area contributed by atoms with Crippen LogP contribution in [-0.4, -0.2) is 27.4 Å². The molecule has 0 fully saturated rings. The van der Waals surface area contributed by atoms with E-state index in [0.29, 0.717) is 13.2 Å². The van der Waals surface area contributed by atoms with Crippen LogP contribution < -0.4 is 10.5 Å². The SMILES string of the molecule is COCC(CN)c1cc(C(C)(C)C)ccc1OC. The minimum Gasteiger partial charge on any atom is -0.496 e. The van der Waals surface area contributed by atoms with Crippen molar-refractivity contribution >= 4 is 0 Å². The van der Waals surface area contributed by atoms with Gasteiger partial charge in [-0.05, 0) is 17.0 Å². The van der Waals surface area contributed by atoms with E-state index < -0.39 is 0 Å². The topological polar surface area (TPSA) is 44.5 Å². The molecule has 1 aromatic carbocycles. The summed E-state index contributed by atoms with van der Waals surface area (Å²) in [6.07, 6.45) is 0. The van der Waals surface area contributed by atoms with Gasteiger partial charge in [-0.1, -0.05) is 32.9 Å². The lowest BCUT2D eigenvalue weighted by molar-refractivity contribution is 0.180. The van der Waals surface area contributed by atoms with Crippen LogP contribution >= 0.6 is 0 Å². The molecule has 3 nitrogen and oxygen atoms in total. The van der Waals surface area contributed by atoms with Gasteiger partial charge in [0.05, 0.1) is 13.7 Å². The maximum atomic E-state index is 5.84. The average molecular weight is 251 g/mol. The quantitative estimate of drug-likeness (QED) is 0.875. The van der Waals surface area contributed by atoms with Crippen LogP contribution in [0.2, 0.25) is 0 Å². The zero-order valence-electron chi connectivity index (χ0n) is 12.1. The Morgan fingerprint density at radius 1 is 1.22 bits per heavy atom. The molecule has 0 radical (unpaired) electrons. The first kappa shape index (κ1) is 15.0. The van der Waals surface area contributed by atoms with Gasteiger partial charge in [0.2, 0.25) is 0 Å². The molecule has 0 bridgehead atoms. The minimum atomic E-state index is 0.118. The number of rotatable bonds is 5. The molecule has 18 heavy (non-hydrogen) atoms. The van der Waals surface area contributed by atoms with E-state index in [-0.39, 0.29) is 11.3 Å². The summed E-state index contributed by atoms with van der Waals surface area (Å²) in [4.78, 5) is 0. The third-order valence-electron chi connectivity index (χ3n) is 3.19. The molecular weight excluding hydrogens is 226 g/mol. The van der Waals surface area contributed by atoms with Crippen LogP contribution in [0.4, 0.5) is 0 Å². The van der Waals surface area contributed by atoms with Crippen LogP contribution in [0.3, 0.4) is 0 Å². The number of ether oxygens (including phenoxy) is 2. The number of benzene rings is 1. The monoisotopic (exact) mass is 251 g/mol. The normalized spacial score (nSPS) is 13.4. The molecular formula is C15H25NO2. The molecule has 0 aliphatic heterocycles. The Morgan fingerprint density at radius 2 is 1.89 bits per heavy atom. The van der Waals surface area contributed by atoms with Gasteiger partial charge >= 0.3 is 0 Å². The summed E-state index contributed by atoms with van der Waals surface area (Å²) < 4.78 is 10.7. The summed E-state index contributed by atoms with van der Waals surface area (Å²) in [5, 5.41) is 0. The highest BCUT2D eigenvalue weighted by molar-refractivity contribution is 5.42. The van der Waals surface area contributed by atoms with Crippen molar-refractivity contribution < 1.29 is 9.47 Å². The van der Waals surface area contributed by atoms with Gasteiger partial charge < -0.3 is 15.2 Å². The Balaban J connectivity index is 3.20. The fraction of sp³-hybridized carbons (Fsp3) is 0.600. The van der Waals surface area contributed by atoms with Crippen molar-refractivity contribution in [3.05, 3.63) is 29.3 Å². The molecule has 0 amide bonds. The van der Waals surface area contributed by atoms with Gasteiger partial charge in [-0.15, -0.1) is 0 Å². The Labute approximate surface area is 110 Å². The average Bonchev–Trinajstić information content (AvgIpc) is 2.34. The van der Waals surface area contributed by atoms with Gasteiger partial charge in [-0.3, -0.25) is 0 Å². The molecule has 0 aliphatic carbocycles. The van der Waals surface area contributed by atoms with Crippen molar-refractivity contribution in [1.29, 1.82) is 0 Å². The number of hydrogen-bond donors (Lipinski definition) is 1. The van der Waals surface area contributed by atoms with Gasteiger partial charge in [0, 0.05) is 25.1 Å². The Hall–Kier alpha value is -1.06. The number of hydrogen-bond acceptors (Lipinski definition) is 3. The maximum absolute atomic E-state index is 5.84. The summed E-state index contributed by atoms with van der Waals surface area (Å²) in [6.45, 7) is 7.77. The maximum Gasteiger partial charge on any atom is 0.122 e. The van der Waals surface area contributed by atoms with E-state index in [4.69, 9.17) is 15.2 Å². The van der Waals surface area contributed by atoms with Gasteiger partial charge in [-0.25, -0.2) is 0 Å². The molecule has 0 saturated heterocycles. The van der Waals surface area contributed by atoms with Gasteiger partial charge in [-0.2, -0.15) is 0 Å². The first-order valence-electron chi connectivity index (χ1n) is 6.31. The lowest BCUT2D eigenvalue weighted by Gasteiger charge is -2.24. The van der Waals surface area contributed by atoms with Crippen molar-refractivity contribution in [2.75, 3.05) is 27.4 Å². The predicted octanol–water partition coefficient (Wildman–Crippen LogP) is 2.68. The predicted molar refractivity (Wildman–Crippen MR) is 75.4 cm³/mol. The first-order chi connectivity index (χ1) is 8.43.